The summed E-state index contributed by atoms with van der Waals surface area (Å²) < 4.78 is 0. The molecule has 1 rings (SSSR count). The van der Waals surface area contributed by atoms with Crippen LogP contribution < -0.4 is 0 Å². The summed E-state index contributed by atoms with van der Waals surface area (Å²) in [6.45, 7) is 5.94. The molecule has 0 aromatic heterocycles. The highest BCUT2D eigenvalue weighted by Gasteiger charge is 2.24. The third-order valence-corrected chi connectivity index (χ3v) is 2.77. The molecule has 2 heteroatoms. The average Bonchev–Trinajstić information content (AvgIpc) is 2.53. The highest BCUT2D eigenvalue weighted by molar-refractivity contribution is 4.90. The molecule has 1 aliphatic heterocycles. The van der Waals surface area contributed by atoms with Crippen LogP contribution in [-0.4, -0.2) is 35.2 Å². The van der Waals surface area contributed by atoms with E-state index in [4.69, 9.17) is 5.11 Å². The van der Waals surface area contributed by atoms with Gasteiger partial charge in [0.2, 0.25) is 0 Å². The van der Waals surface area contributed by atoms with E-state index in [0.717, 1.165) is 6.42 Å². The van der Waals surface area contributed by atoms with Gasteiger partial charge in [0.15, 0.2) is 0 Å². The van der Waals surface area contributed by atoms with Crippen LogP contribution in [0.5, 0.6) is 0 Å². The molecule has 1 N–H and O–H groups in total. The first-order valence-electron chi connectivity index (χ1n) is 5.27. The van der Waals surface area contributed by atoms with E-state index in [1.54, 1.807) is 0 Å². The number of likely N-dealkylation sites (tertiary alicyclic amines) is 1. The second-order valence-electron chi connectivity index (χ2n) is 4.02. The monoisotopic (exact) mass is 183 g/mol. The molecular weight excluding hydrogens is 162 g/mol. The molecule has 1 unspecified atom stereocenters. The highest BCUT2D eigenvalue weighted by atomic mass is 16.2. The molecule has 1 aliphatic rings. The number of aliphatic hydroxyl groups is 1. The van der Waals surface area contributed by atoms with Crippen molar-refractivity contribution in [1.29, 1.82) is 0 Å². The Morgan fingerprint density at radius 3 is 2.85 bits per heavy atom. The lowest BCUT2D eigenvalue weighted by Gasteiger charge is -2.27. The maximum atomic E-state index is 8.61. The topological polar surface area (TPSA) is 23.5 Å². The molecule has 0 aromatic rings. The maximum absolute atomic E-state index is 8.61. The Labute approximate surface area is 81.2 Å². The molecular formula is C11H21NO. The number of rotatable bonds is 4. The van der Waals surface area contributed by atoms with Crippen LogP contribution in [0.3, 0.4) is 0 Å². The van der Waals surface area contributed by atoms with Crippen molar-refractivity contribution < 1.29 is 5.11 Å². The zero-order valence-corrected chi connectivity index (χ0v) is 8.74. The molecule has 0 bridgehead atoms. The number of hydrogen-bond acceptors (Lipinski definition) is 2. The fraction of sp³-hybridized carbons (Fsp3) is 0.818. The molecule has 1 saturated heterocycles. The normalized spacial score (nSPS) is 25.1. The van der Waals surface area contributed by atoms with Crippen molar-refractivity contribution in [3.05, 3.63) is 12.2 Å². The number of hydrogen-bond donors (Lipinski definition) is 1. The SMILES string of the molecule is CC(C)N1CCCC1C/C=C\CO. The van der Waals surface area contributed by atoms with E-state index in [2.05, 4.69) is 24.8 Å². The first-order valence-corrected chi connectivity index (χ1v) is 5.27. The van der Waals surface area contributed by atoms with Gasteiger partial charge in [0, 0.05) is 12.1 Å². The lowest BCUT2D eigenvalue weighted by atomic mass is 10.1. The molecule has 2 nitrogen and oxygen atoms in total. The summed E-state index contributed by atoms with van der Waals surface area (Å²) >= 11 is 0. The van der Waals surface area contributed by atoms with Gasteiger partial charge < -0.3 is 5.11 Å². The van der Waals surface area contributed by atoms with Crippen molar-refractivity contribution in [2.45, 2.75) is 45.2 Å². The van der Waals surface area contributed by atoms with Gasteiger partial charge >= 0.3 is 0 Å². The van der Waals surface area contributed by atoms with Crippen molar-refractivity contribution in [2.75, 3.05) is 13.2 Å². The minimum Gasteiger partial charge on any atom is -0.392 e. The largest absolute Gasteiger partial charge is 0.392 e. The second-order valence-corrected chi connectivity index (χ2v) is 4.02. The molecule has 1 atom stereocenters. The molecule has 0 radical (unpaired) electrons. The Morgan fingerprint density at radius 1 is 1.46 bits per heavy atom. The summed E-state index contributed by atoms with van der Waals surface area (Å²) in [4.78, 5) is 2.56. The van der Waals surface area contributed by atoms with Crippen LogP contribution in [0.4, 0.5) is 0 Å². The van der Waals surface area contributed by atoms with Crippen LogP contribution in [0.25, 0.3) is 0 Å². The third kappa shape index (κ3) is 3.12. The molecule has 13 heavy (non-hydrogen) atoms. The van der Waals surface area contributed by atoms with E-state index in [1.165, 1.54) is 19.4 Å². The minimum absolute atomic E-state index is 0.175. The fourth-order valence-corrected chi connectivity index (χ4v) is 2.12. The molecule has 0 spiro atoms. The summed E-state index contributed by atoms with van der Waals surface area (Å²) in [7, 11) is 0. The molecule has 1 fully saturated rings. The molecule has 1 heterocycles. The van der Waals surface area contributed by atoms with Gasteiger partial charge in [-0.2, -0.15) is 0 Å². The maximum Gasteiger partial charge on any atom is 0.0612 e. The van der Waals surface area contributed by atoms with Gasteiger partial charge in [0.05, 0.1) is 6.61 Å². The first kappa shape index (κ1) is 10.7. The molecule has 0 aromatic carbocycles. The summed E-state index contributed by atoms with van der Waals surface area (Å²) in [5, 5.41) is 8.61. The van der Waals surface area contributed by atoms with Crippen molar-refractivity contribution in [3.63, 3.8) is 0 Å². The van der Waals surface area contributed by atoms with E-state index in [-0.39, 0.29) is 6.61 Å². The molecule has 0 saturated carbocycles. The van der Waals surface area contributed by atoms with Gasteiger partial charge in [-0.3, -0.25) is 4.90 Å². The lowest BCUT2D eigenvalue weighted by molar-refractivity contribution is 0.204. The standard InChI is InChI=1S/C11H21NO/c1-10(2)12-8-5-7-11(12)6-3-4-9-13/h3-4,10-11,13H,5-9H2,1-2H3/b4-3-. The van der Waals surface area contributed by atoms with Crippen LogP contribution in [0.2, 0.25) is 0 Å². The van der Waals surface area contributed by atoms with Gasteiger partial charge in [-0.1, -0.05) is 12.2 Å². The lowest BCUT2D eigenvalue weighted by Crippen LogP contribution is -2.35. The minimum atomic E-state index is 0.175. The van der Waals surface area contributed by atoms with Crippen molar-refractivity contribution in [1.82, 2.24) is 4.90 Å². The molecule has 0 aliphatic carbocycles. The van der Waals surface area contributed by atoms with Gasteiger partial charge in [0.1, 0.15) is 0 Å². The van der Waals surface area contributed by atoms with Gasteiger partial charge in [-0.05, 0) is 39.7 Å². The Bertz CT molecular complexity index is 165. The number of aliphatic hydroxyl groups excluding tert-OH is 1. The summed E-state index contributed by atoms with van der Waals surface area (Å²) in [5.74, 6) is 0. The predicted octanol–water partition coefficient (Wildman–Crippen LogP) is 1.80. The summed E-state index contributed by atoms with van der Waals surface area (Å²) in [5.41, 5.74) is 0. The fourth-order valence-electron chi connectivity index (χ4n) is 2.12. The summed E-state index contributed by atoms with van der Waals surface area (Å²) in [6, 6.07) is 1.37. The first-order chi connectivity index (χ1) is 6.25. The highest BCUT2D eigenvalue weighted by Crippen LogP contribution is 2.22. The zero-order chi connectivity index (χ0) is 9.68. The zero-order valence-electron chi connectivity index (χ0n) is 8.74. The predicted molar refractivity (Wildman–Crippen MR) is 55.7 cm³/mol. The van der Waals surface area contributed by atoms with Crippen molar-refractivity contribution in [2.24, 2.45) is 0 Å². The Morgan fingerprint density at radius 2 is 2.23 bits per heavy atom. The van der Waals surface area contributed by atoms with Crippen molar-refractivity contribution >= 4 is 0 Å². The van der Waals surface area contributed by atoms with E-state index in [1.807, 2.05) is 6.08 Å². The smallest absolute Gasteiger partial charge is 0.0612 e. The van der Waals surface area contributed by atoms with Crippen LogP contribution in [-0.2, 0) is 0 Å². The van der Waals surface area contributed by atoms with E-state index in [9.17, 15) is 0 Å². The van der Waals surface area contributed by atoms with E-state index >= 15 is 0 Å². The average molecular weight is 183 g/mol. The van der Waals surface area contributed by atoms with Gasteiger partial charge in [-0.25, -0.2) is 0 Å². The number of nitrogens with zero attached hydrogens (tertiary/aromatic N) is 1. The van der Waals surface area contributed by atoms with E-state index < -0.39 is 0 Å². The second kappa shape index (κ2) is 5.40. The van der Waals surface area contributed by atoms with Crippen LogP contribution in [0, 0.1) is 0 Å². The van der Waals surface area contributed by atoms with Crippen LogP contribution in [0.1, 0.15) is 33.1 Å². The van der Waals surface area contributed by atoms with Crippen LogP contribution >= 0.6 is 0 Å². The Hall–Kier alpha value is -0.340. The van der Waals surface area contributed by atoms with Gasteiger partial charge in [0.25, 0.3) is 0 Å². The third-order valence-electron chi connectivity index (χ3n) is 2.77. The molecule has 0 amide bonds. The molecule has 76 valence electrons. The van der Waals surface area contributed by atoms with E-state index in [0.29, 0.717) is 12.1 Å². The van der Waals surface area contributed by atoms with Crippen LogP contribution in [0.15, 0.2) is 12.2 Å². The van der Waals surface area contributed by atoms with Gasteiger partial charge in [-0.15, -0.1) is 0 Å². The van der Waals surface area contributed by atoms with Crippen molar-refractivity contribution in [3.8, 4) is 0 Å². The summed E-state index contributed by atoms with van der Waals surface area (Å²) in [6.07, 6.45) is 7.69. The Balaban J connectivity index is 2.35. The quantitative estimate of drug-likeness (QED) is 0.672. The Kier molecular flexibility index (Phi) is 4.46.